The van der Waals surface area contributed by atoms with Crippen LogP contribution in [0, 0.1) is 6.92 Å². The first-order valence-corrected chi connectivity index (χ1v) is 6.60. The fourth-order valence-corrected chi connectivity index (χ4v) is 2.12. The van der Waals surface area contributed by atoms with Gasteiger partial charge in [-0.05, 0) is 30.7 Å². The molecule has 0 saturated carbocycles. The Balaban J connectivity index is 1.92. The summed E-state index contributed by atoms with van der Waals surface area (Å²) in [6, 6.07) is 16.8. The van der Waals surface area contributed by atoms with Crippen molar-refractivity contribution >= 4 is 0 Å². The van der Waals surface area contributed by atoms with Crippen LogP contribution >= 0.6 is 0 Å². The van der Waals surface area contributed by atoms with Gasteiger partial charge in [-0.25, -0.2) is 0 Å². The van der Waals surface area contributed by atoms with Gasteiger partial charge in [-0.15, -0.1) is 0 Å². The van der Waals surface area contributed by atoms with Crippen molar-refractivity contribution in [2.75, 3.05) is 7.05 Å². The van der Waals surface area contributed by atoms with E-state index in [2.05, 4.69) is 55.3 Å². The molecule has 0 atom stereocenters. The number of aryl methyl sites for hydroxylation is 1. The van der Waals surface area contributed by atoms with E-state index in [1.807, 2.05) is 12.1 Å². The van der Waals surface area contributed by atoms with Gasteiger partial charge in [-0.2, -0.15) is 0 Å². The monoisotopic (exact) mass is 255 g/mol. The van der Waals surface area contributed by atoms with E-state index < -0.39 is 0 Å². The van der Waals surface area contributed by atoms with Crippen molar-refractivity contribution in [3.05, 3.63) is 70.8 Å². The van der Waals surface area contributed by atoms with Crippen LogP contribution in [0.4, 0.5) is 0 Å². The number of nitrogens with zero attached hydrogens (tertiary/aromatic N) is 1. The molecule has 0 unspecified atom stereocenters. The van der Waals surface area contributed by atoms with Crippen molar-refractivity contribution in [3.63, 3.8) is 0 Å². The van der Waals surface area contributed by atoms with Crippen molar-refractivity contribution in [1.82, 2.24) is 4.90 Å². The van der Waals surface area contributed by atoms with Crippen molar-refractivity contribution in [2.24, 2.45) is 0 Å². The number of rotatable bonds is 5. The molecule has 2 nitrogen and oxygen atoms in total. The third kappa shape index (κ3) is 4.19. The maximum atomic E-state index is 9.02. The van der Waals surface area contributed by atoms with Crippen LogP contribution < -0.4 is 0 Å². The van der Waals surface area contributed by atoms with Gasteiger partial charge in [-0.3, -0.25) is 4.90 Å². The molecule has 2 rings (SSSR count). The number of hydrogen-bond donors (Lipinski definition) is 1. The van der Waals surface area contributed by atoms with Crippen LogP contribution in [0.2, 0.25) is 0 Å². The minimum atomic E-state index is 0.111. The molecule has 0 amide bonds. The maximum absolute atomic E-state index is 9.02. The van der Waals surface area contributed by atoms with Crippen molar-refractivity contribution in [1.29, 1.82) is 0 Å². The van der Waals surface area contributed by atoms with Gasteiger partial charge in [0.1, 0.15) is 0 Å². The van der Waals surface area contributed by atoms with E-state index in [0.29, 0.717) is 0 Å². The Morgan fingerprint density at radius 3 is 1.68 bits per heavy atom. The Hall–Kier alpha value is -1.64. The molecule has 100 valence electrons. The average Bonchev–Trinajstić information content (AvgIpc) is 2.42. The minimum absolute atomic E-state index is 0.111. The summed E-state index contributed by atoms with van der Waals surface area (Å²) < 4.78 is 0. The Labute approximate surface area is 115 Å². The van der Waals surface area contributed by atoms with Gasteiger partial charge in [0, 0.05) is 13.1 Å². The SMILES string of the molecule is Cc1ccc(CN(C)Cc2ccc(CO)cc2)cc1. The second kappa shape index (κ2) is 6.50. The third-order valence-electron chi connectivity index (χ3n) is 3.23. The molecule has 0 aliphatic heterocycles. The van der Waals surface area contributed by atoms with Crippen molar-refractivity contribution in [3.8, 4) is 0 Å². The molecule has 19 heavy (non-hydrogen) atoms. The summed E-state index contributed by atoms with van der Waals surface area (Å²) in [6.07, 6.45) is 0. The lowest BCUT2D eigenvalue weighted by Gasteiger charge is -2.17. The zero-order valence-corrected chi connectivity index (χ0v) is 11.6. The van der Waals surface area contributed by atoms with Crippen LogP contribution in [0.5, 0.6) is 0 Å². The molecule has 0 aliphatic rings. The number of hydrogen-bond acceptors (Lipinski definition) is 2. The van der Waals surface area contributed by atoms with E-state index in [1.165, 1.54) is 16.7 Å². The number of aliphatic hydroxyl groups is 1. The molecule has 0 heterocycles. The van der Waals surface area contributed by atoms with E-state index in [9.17, 15) is 0 Å². The first-order chi connectivity index (χ1) is 9.17. The zero-order valence-electron chi connectivity index (χ0n) is 11.6. The summed E-state index contributed by atoms with van der Waals surface area (Å²) in [5, 5.41) is 9.02. The van der Waals surface area contributed by atoms with Crippen molar-refractivity contribution < 1.29 is 5.11 Å². The second-order valence-corrected chi connectivity index (χ2v) is 5.13. The fraction of sp³-hybridized carbons (Fsp3) is 0.294. The van der Waals surface area contributed by atoms with Crippen LogP contribution in [-0.4, -0.2) is 17.1 Å². The standard InChI is InChI=1S/C17H21NO/c1-14-3-5-15(6-4-14)11-18(2)12-16-7-9-17(13-19)10-8-16/h3-10,19H,11-13H2,1-2H3. The van der Waals surface area contributed by atoms with Crippen LogP contribution in [0.15, 0.2) is 48.5 Å². The molecule has 2 aromatic rings. The first-order valence-electron chi connectivity index (χ1n) is 6.60. The van der Waals surface area contributed by atoms with E-state index in [-0.39, 0.29) is 6.61 Å². The molecule has 0 aromatic heterocycles. The molecule has 0 bridgehead atoms. The Morgan fingerprint density at radius 1 is 0.789 bits per heavy atom. The summed E-state index contributed by atoms with van der Waals surface area (Å²) in [7, 11) is 2.12. The van der Waals surface area contributed by atoms with Crippen LogP contribution in [-0.2, 0) is 19.7 Å². The summed E-state index contributed by atoms with van der Waals surface area (Å²) in [4.78, 5) is 2.29. The van der Waals surface area contributed by atoms with Gasteiger partial charge >= 0.3 is 0 Å². The Morgan fingerprint density at radius 2 is 1.21 bits per heavy atom. The van der Waals surface area contributed by atoms with Gasteiger partial charge in [0.05, 0.1) is 6.61 Å². The highest BCUT2D eigenvalue weighted by molar-refractivity contribution is 5.23. The quantitative estimate of drug-likeness (QED) is 0.887. The van der Waals surface area contributed by atoms with Gasteiger partial charge in [0.2, 0.25) is 0 Å². The molecule has 0 saturated heterocycles. The normalized spacial score (nSPS) is 10.9. The summed E-state index contributed by atoms with van der Waals surface area (Å²) in [5.74, 6) is 0. The smallest absolute Gasteiger partial charge is 0.0681 e. The molecule has 0 spiro atoms. The lowest BCUT2D eigenvalue weighted by molar-refractivity contribution is 0.281. The molecule has 0 radical (unpaired) electrons. The zero-order chi connectivity index (χ0) is 13.7. The maximum Gasteiger partial charge on any atom is 0.0681 e. The predicted octanol–water partition coefficient (Wildman–Crippen LogP) is 3.12. The molecule has 0 aliphatic carbocycles. The summed E-state index contributed by atoms with van der Waals surface area (Å²) >= 11 is 0. The van der Waals surface area contributed by atoms with Crippen LogP contribution in [0.3, 0.4) is 0 Å². The highest BCUT2D eigenvalue weighted by Crippen LogP contribution is 2.10. The number of benzene rings is 2. The molecular formula is C17H21NO. The van der Waals surface area contributed by atoms with E-state index in [1.54, 1.807) is 0 Å². The first kappa shape index (κ1) is 13.8. The van der Waals surface area contributed by atoms with Crippen LogP contribution in [0.1, 0.15) is 22.3 Å². The van der Waals surface area contributed by atoms with Crippen molar-refractivity contribution in [2.45, 2.75) is 26.6 Å². The fourth-order valence-electron chi connectivity index (χ4n) is 2.12. The molecule has 1 N–H and O–H groups in total. The second-order valence-electron chi connectivity index (χ2n) is 5.13. The van der Waals surface area contributed by atoms with Gasteiger partial charge in [0.15, 0.2) is 0 Å². The third-order valence-corrected chi connectivity index (χ3v) is 3.23. The molecule has 2 heteroatoms. The average molecular weight is 255 g/mol. The largest absolute Gasteiger partial charge is 0.392 e. The lowest BCUT2D eigenvalue weighted by atomic mass is 10.1. The summed E-state index contributed by atoms with van der Waals surface area (Å²) in [5.41, 5.74) is 4.86. The van der Waals surface area contributed by atoms with E-state index in [0.717, 1.165) is 18.7 Å². The molecule has 0 fully saturated rings. The summed E-state index contributed by atoms with van der Waals surface area (Å²) in [6.45, 7) is 4.08. The Bertz CT molecular complexity index is 502. The lowest BCUT2D eigenvalue weighted by Crippen LogP contribution is -2.17. The highest BCUT2D eigenvalue weighted by atomic mass is 16.3. The van der Waals surface area contributed by atoms with Crippen LogP contribution in [0.25, 0.3) is 0 Å². The van der Waals surface area contributed by atoms with E-state index in [4.69, 9.17) is 5.11 Å². The van der Waals surface area contributed by atoms with Gasteiger partial charge in [-0.1, -0.05) is 54.1 Å². The highest BCUT2D eigenvalue weighted by Gasteiger charge is 2.02. The number of aliphatic hydroxyl groups excluding tert-OH is 1. The Kier molecular flexibility index (Phi) is 4.72. The van der Waals surface area contributed by atoms with Gasteiger partial charge in [0.25, 0.3) is 0 Å². The van der Waals surface area contributed by atoms with Gasteiger partial charge < -0.3 is 5.11 Å². The topological polar surface area (TPSA) is 23.5 Å². The predicted molar refractivity (Wildman–Crippen MR) is 78.7 cm³/mol. The minimum Gasteiger partial charge on any atom is -0.392 e. The van der Waals surface area contributed by atoms with E-state index >= 15 is 0 Å². The molecular weight excluding hydrogens is 234 g/mol. The molecule has 2 aromatic carbocycles.